The van der Waals surface area contributed by atoms with Crippen LogP contribution in [0, 0.1) is 0 Å². The largest absolute Gasteiger partial charge is 0.379 e. The number of likely N-dealkylation sites (tertiary alicyclic amines) is 1. The van der Waals surface area contributed by atoms with E-state index in [4.69, 9.17) is 4.74 Å². The topological polar surface area (TPSA) is 89.5 Å². The van der Waals surface area contributed by atoms with Crippen LogP contribution in [-0.4, -0.2) is 112 Å². The smallest absolute Gasteiger partial charge is 0.243 e. The summed E-state index contributed by atoms with van der Waals surface area (Å²) in [5.74, 6) is 0.772. The minimum atomic E-state index is -0.0431. The van der Waals surface area contributed by atoms with Crippen molar-refractivity contribution in [2.24, 2.45) is 4.99 Å². The van der Waals surface area contributed by atoms with E-state index in [2.05, 4.69) is 20.5 Å². The van der Waals surface area contributed by atoms with Crippen molar-refractivity contribution in [2.45, 2.75) is 25.8 Å². The second-order valence-corrected chi connectivity index (χ2v) is 7.16. The third-order valence-electron chi connectivity index (χ3n) is 4.88. The number of morpholine rings is 1. The summed E-state index contributed by atoms with van der Waals surface area (Å²) in [4.78, 5) is 33.9. The van der Waals surface area contributed by atoms with E-state index in [1.807, 2.05) is 11.8 Å². The zero-order chi connectivity index (χ0) is 19.6. The Balaban J connectivity index is 0.00000392. The van der Waals surface area contributed by atoms with Crippen LogP contribution in [0.2, 0.25) is 0 Å². The molecule has 2 saturated heterocycles. The van der Waals surface area contributed by atoms with E-state index in [0.717, 1.165) is 52.4 Å². The predicted octanol–water partition coefficient (Wildman–Crippen LogP) is -0.429. The highest BCUT2D eigenvalue weighted by Crippen LogP contribution is 2.10. The van der Waals surface area contributed by atoms with Gasteiger partial charge in [0.1, 0.15) is 6.54 Å². The molecule has 0 bridgehead atoms. The molecule has 162 valence electrons. The van der Waals surface area contributed by atoms with Crippen LogP contribution in [0.25, 0.3) is 0 Å². The van der Waals surface area contributed by atoms with E-state index in [-0.39, 0.29) is 48.4 Å². The molecule has 0 aromatic heterocycles. The van der Waals surface area contributed by atoms with Crippen molar-refractivity contribution in [3.8, 4) is 0 Å². The van der Waals surface area contributed by atoms with Gasteiger partial charge in [-0.25, -0.2) is 4.99 Å². The van der Waals surface area contributed by atoms with Gasteiger partial charge < -0.3 is 25.2 Å². The Morgan fingerprint density at radius 2 is 1.93 bits per heavy atom. The summed E-state index contributed by atoms with van der Waals surface area (Å²) in [6.45, 7) is 8.51. The van der Waals surface area contributed by atoms with Crippen LogP contribution in [0.1, 0.15) is 19.8 Å². The second-order valence-electron chi connectivity index (χ2n) is 7.16. The van der Waals surface area contributed by atoms with Gasteiger partial charge in [-0.15, -0.1) is 24.0 Å². The first-order valence-electron chi connectivity index (χ1n) is 9.82. The SMILES string of the molecule is CCC(=O)N1CCC(NC(=NCC(=O)N(C)C)NCCN2CCOCC2)C1.I. The highest BCUT2D eigenvalue weighted by atomic mass is 127. The lowest BCUT2D eigenvalue weighted by molar-refractivity contribution is -0.130. The first-order chi connectivity index (χ1) is 13.0. The van der Waals surface area contributed by atoms with E-state index in [1.165, 1.54) is 4.90 Å². The number of nitrogens with one attached hydrogen (secondary N) is 2. The van der Waals surface area contributed by atoms with Gasteiger partial charge >= 0.3 is 0 Å². The van der Waals surface area contributed by atoms with Crippen LogP contribution < -0.4 is 10.6 Å². The molecule has 2 N–H and O–H groups in total. The molecule has 2 aliphatic heterocycles. The Bertz CT molecular complexity index is 525. The number of nitrogens with zero attached hydrogens (tertiary/aromatic N) is 4. The maximum Gasteiger partial charge on any atom is 0.243 e. The van der Waals surface area contributed by atoms with Gasteiger partial charge in [0.15, 0.2) is 5.96 Å². The van der Waals surface area contributed by atoms with Gasteiger partial charge in [-0.05, 0) is 6.42 Å². The number of likely N-dealkylation sites (N-methyl/N-ethyl adjacent to an activating group) is 1. The molecule has 2 fully saturated rings. The first kappa shape index (κ1) is 24.9. The zero-order valence-corrected chi connectivity index (χ0v) is 19.6. The maximum atomic E-state index is 11.9. The minimum absolute atomic E-state index is 0. The Kier molecular flexibility index (Phi) is 11.7. The molecule has 2 amide bonds. The summed E-state index contributed by atoms with van der Waals surface area (Å²) in [5, 5.41) is 6.72. The fourth-order valence-electron chi connectivity index (χ4n) is 3.12. The number of guanidine groups is 1. The van der Waals surface area contributed by atoms with E-state index in [1.54, 1.807) is 14.1 Å². The van der Waals surface area contributed by atoms with Crippen LogP contribution in [0.4, 0.5) is 0 Å². The number of hydrogen-bond donors (Lipinski definition) is 2. The Morgan fingerprint density at radius 3 is 2.57 bits per heavy atom. The molecule has 1 unspecified atom stereocenters. The highest BCUT2D eigenvalue weighted by Gasteiger charge is 2.26. The summed E-state index contributed by atoms with van der Waals surface area (Å²) < 4.78 is 5.37. The van der Waals surface area contributed by atoms with Gasteiger partial charge in [-0.2, -0.15) is 0 Å². The van der Waals surface area contributed by atoms with Gasteiger partial charge in [0.2, 0.25) is 11.8 Å². The van der Waals surface area contributed by atoms with Gasteiger partial charge in [-0.1, -0.05) is 6.92 Å². The number of aliphatic imine (C=N–C) groups is 1. The van der Waals surface area contributed by atoms with Crippen molar-refractivity contribution < 1.29 is 14.3 Å². The molecule has 0 aromatic carbocycles. The summed E-state index contributed by atoms with van der Waals surface area (Å²) in [6.07, 6.45) is 1.42. The number of carbonyl (C=O) groups is 2. The molecular weight excluding hydrogens is 475 g/mol. The van der Waals surface area contributed by atoms with E-state index >= 15 is 0 Å². The summed E-state index contributed by atoms with van der Waals surface area (Å²) >= 11 is 0. The van der Waals surface area contributed by atoms with Gasteiger partial charge in [0, 0.05) is 65.8 Å². The number of hydrogen-bond acceptors (Lipinski definition) is 5. The van der Waals surface area contributed by atoms with E-state index < -0.39 is 0 Å². The Labute approximate surface area is 185 Å². The van der Waals surface area contributed by atoms with Gasteiger partial charge in [-0.3, -0.25) is 14.5 Å². The predicted molar refractivity (Wildman–Crippen MR) is 120 cm³/mol. The quantitative estimate of drug-likeness (QED) is 0.275. The molecule has 0 aliphatic carbocycles. The molecule has 0 spiro atoms. The van der Waals surface area contributed by atoms with Gasteiger partial charge in [0.25, 0.3) is 0 Å². The first-order valence-corrected chi connectivity index (χ1v) is 9.82. The third kappa shape index (κ3) is 8.48. The summed E-state index contributed by atoms with van der Waals surface area (Å²) in [6, 6.07) is 0.157. The minimum Gasteiger partial charge on any atom is -0.379 e. The number of halogens is 1. The molecule has 28 heavy (non-hydrogen) atoms. The van der Waals surface area contributed by atoms with E-state index in [9.17, 15) is 9.59 Å². The number of ether oxygens (including phenoxy) is 1. The Hall–Kier alpha value is -1.14. The van der Waals surface area contributed by atoms with E-state index in [0.29, 0.717) is 18.9 Å². The van der Waals surface area contributed by atoms with Crippen LogP contribution in [0.3, 0.4) is 0 Å². The molecule has 1 atom stereocenters. The number of carbonyl (C=O) groups excluding carboxylic acids is 2. The van der Waals surface area contributed by atoms with Crippen LogP contribution in [0.15, 0.2) is 4.99 Å². The fraction of sp³-hybridized carbons (Fsp3) is 0.833. The number of rotatable bonds is 7. The standard InChI is InChI=1S/C18H34N6O3.HI/c1-4-16(25)24-7-5-15(14-24)21-18(20-13-17(26)22(2)3)19-6-8-23-9-11-27-12-10-23;/h15H,4-14H2,1-3H3,(H2,19,20,21);1H. The van der Waals surface area contributed by atoms with Crippen LogP contribution in [-0.2, 0) is 14.3 Å². The summed E-state index contributed by atoms with van der Waals surface area (Å²) in [5.41, 5.74) is 0. The van der Waals surface area contributed by atoms with Crippen molar-refractivity contribution in [2.75, 3.05) is 73.1 Å². The molecule has 2 rings (SSSR count). The number of amides is 2. The normalized spacial score (nSPS) is 20.5. The maximum absolute atomic E-state index is 11.9. The van der Waals surface area contributed by atoms with Crippen molar-refractivity contribution in [1.29, 1.82) is 0 Å². The Morgan fingerprint density at radius 1 is 1.21 bits per heavy atom. The molecular formula is C18H35IN6O3. The lowest BCUT2D eigenvalue weighted by Crippen LogP contribution is -2.48. The van der Waals surface area contributed by atoms with Crippen LogP contribution in [0.5, 0.6) is 0 Å². The fourth-order valence-corrected chi connectivity index (χ4v) is 3.12. The highest BCUT2D eigenvalue weighted by molar-refractivity contribution is 14.0. The molecule has 2 aliphatic rings. The molecule has 10 heteroatoms. The molecule has 0 saturated carbocycles. The average Bonchev–Trinajstić information content (AvgIpc) is 3.14. The average molecular weight is 510 g/mol. The van der Waals surface area contributed by atoms with Crippen molar-refractivity contribution in [3.05, 3.63) is 0 Å². The zero-order valence-electron chi connectivity index (χ0n) is 17.3. The molecule has 0 aromatic rings. The summed E-state index contributed by atoms with van der Waals surface area (Å²) in [7, 11) is 3.45. The molecule has 9 nitrogen and oxygen atoms in total. The van der Waals surface area contributed by atoms with Crippen molar-refractivity contribution >= 4 is 41.8 Å². The lowest BCUT2D eigenvalue weighted by Gasteiger charge is -2.27. The van der Waals surface area contributed by atoms with Crippen molar-refractivity contribution in [3.63, 3.8) is 0 Å². The van der Waals surface area contributed by atoms with Crippen molar-refractivity contribution in [1.82, 2.24) is 25.3 Å². The third-order valence-corrected chi connectivity index (χ3v) is 4.88. The molecule has 0 radical (unpaired) electrons. The van der Waals surface area contributed by atoms with Crippen LogP contribution >= 0.6 is 24.0 Å². The second kappa shape index (κ2) is 13.2. The molecule has 2 heterocycles. The van der Waals surface area contributed by atoms with Gasteiger partial charge in [0.05, 0.1) is 13.2 Å². The monoisotopic (exact) mass is 510 g/mol. The lowest BCUT2D eigenvalue weighted by atomic mass is 10.3.